The van der Waals surface area contributed by atoms with Crippen molar-refractivity contribution in [1.29, 1.82) is 0 Å². The first-order chi connectivity index (χ1) is 7.70. The van der Waals surface area contributed by atoms with Crippen LogP contribution in [0.25, 0.3) is 0 Å². The molecule has 1 aromatic rings. The molecule has 0 aliphatic carbocycles. The molecule has 0 radical (unpaired) electrons. The Hall–Kier alpha value is -1.53. The first-order valence-corrected chi connectivity index (χ1v) is 4.65. The number of benzene rings is 1. The lowest BCUT2D eigenvalue weighted by molar-refractivity contribution is 0.208. The summed E-state index contributed by atoms with van der Waals surface area (Å²) in [6.45, 7) is 0.689. The molecule has 4 nitrogen and oxygen atoms in total. The van der Waals surface area contributed by atoms with E-state index in [1.54, 1.807) is 0 Å². The number of amidine groups is 1. The molecule has 0 atom stereocenters. The van der Waals surface area contributed by atoms with Crippen LogP contribution in [0.4, 0.5) is 8.78 Å². The fraction of sp³-hybridized carbons (Fsp3) is 0.300. The second-order valence-corrected chi connectivity index (χ2v) is 2.97. The van der Waals surface area contributed by atoms with Crippen LogP contribution in [0.1, 0.15) is 5.56 Å². The van der Waals surface area contributed by atoms with E-state index in [0.717, 1.165) is 6.07 Å². The molecular formula is C10H13F2N3O. The van der Waals surface area contributed by atoms with E-state index in [2.05, 4.69) is 10.4 Å². The van der Waals surface area contributed by atoms with Crippen molar-refractivity contribution >= 4 is 5.84 Å². The van der Waals surface area contributed by atoms with Gasteiger partial charge in [-0.25, -0.2) is 14.6 Å². The van der Waals surface area contributed by atoms with Crippen LogP contribution >= 0.6 is 0 Å². The Morgan fingerprint density at radius 1 is 1.50 bits per heavy atom. The minimum atomic E-state index is -0.975. The van der Waals surface area contributed by atoms with Gasteiger partial charge in [-0.05, 0) is 12.1 Å². The SMILES string of the molecule is COCCN=C(NN)c1cccc(F)c1F. The van der Waals surface area contributed by atoms with Crippen molar-refractivity contribution in [3.63, 3.8) is 0 Å². The average molecular weight is 229 g/mol. The maximum absolute atomic E-state index is 13.4. The summed E-state index contributed by atoms with van der Waals surface area (Å²) >= 11 is 0. The number of hydrogen-bond donors (Lipinski definition) is 2. The Labute approximate surface area is 92.1 Å². The van der Waals surface area contributed by atoms with E-state index in [1.807, 2.05) is 0 Å². The normalized spacial score (nSPS) is 11.6. The van der Waals surface area contributed by atoms with E-state index in [-0.39, 0.29) is 11.4 Å². The highest BCUT2D eigenvalue weighted by atomic mass is 19.2. The number of ether oxygens (including phenoxy) is 1. The number of nitrogens with zero attached hydrogens (tertiary/aromatic N) is 1. The first-order valence-electron chi connectivity index (χ1n) is 4.65. The van der Waals surface area contributed by atoms with Crippen molar-refractivity contribution in [2.45, 2.75) is 0 Å². The lowest BCUT2D eigenvalue weighted by Crippen LogP contribution is -2.32. The van der Waals surface area contributed by atoms with Gasteiger partial charge in [0.05, 0.1) is 18.7 Å². The molecule has 6 heteroatoms. The third-order valence-electron chi connectivity index (χ3n) is 1.91. The van der Waals surface area contributed by atoms with E-state index in [9.17, 15) is 8.78 Å². The third-order valence-corrected chi connectivity index (χ3v) is 1.91. The molecule has 0 fully saturated rings. The molecule has 1 aromatic carbocycles. The first kappa shape index (κ1) is 12.5. The topological polar surface area (TPSA) is 59.6 Å². The van der Waals surface area contributed by atoms with E-state index in [1.165, 1.54) is 19.2 Å². The quantitative estimate of drug-likeness (QED) is 0.264. The fourth-order valence-corrected chi connectivity index (χ4v) is 1.14. The number of nitrogens with two attached hydrogens (primary N) is 1. The van der Waals surface area contributed by atoms with E-state index in [0.29, 0.717) is 13.2 Å². The van der Waals surface area contributed by atoms with Crippen molar-refractivity contribution in [2.75, 3.05) is 20.3 Å². The molecule has 0 saturated carbocycles. The van der Waals surface area contributed by atoms with Crippen molar-refractivity contribution in [1.82, 2.24) is 5.43 Å². The molecule has 0 heterocycles. The summed E-state index contributed by atoms with van der Waals surface area (Å²) in [6, 6.07) is 3.81. The highest BCUT2D eigenvalue weighted by Crippen LogP contribution is 2.11. The van der Waals surface area contributed by atoms with Gasteiger partial charge in [-0.15, -0.1) is 0 Å². The van der Waals surface area contributed by atoms with Crippen LogP contribution in [-0.2, 0) is 4.74 Å². The Balaban J connectivity index is 2.95. The summed E-state index contributed by atoms with van der Waals surface area (Å²) in [6.07, 6.45) is 0. The third kappa shape index (κ3) is 2.98. The highest BCUT2D eigenvalue weighted by molar-refractivity contribution is 5.98. The Morgan fingerprint density at radius 3 is 2.88 bits per heavy atom. The van der Waals surface area contributed by atoms with Gasteiger partial charge in [0, 0.05) is 7.11 Å². The van der Waals surface area contributed by atoms with Gasteiger partial charge < -0.3 is 10.2 Å². The largest absolute Gasteiger partial charge is 0.383 e. The zero-order valence-electron chi connectivity index (χ0n) is 8.84. The lowest BCUT2D eigenvalue weighted by atomic mass is 10.2. The van der Waals surface area contributed by atoms with Crippen molar-refractivity contribution in [2.24, 2.45) is 10.8 Å². The Kier molecular flexibility index (Phi) is 4.81. The summed E-state index contributed by atoms with van der Waals surface area (Å²) in [4.78, 5) is 3.95. The summed E-state index contributed by atoms with van der Waals surface area (Å²) < 4.78 is 31.1. The van der Waals surface area contributed by atoms with Gasteiger partial charge in [-0.3, -0.25) is 4.99 Å². The van der Waals surface area contributed by atoms with Crippen LogP contribution in [0.15, 0.2) is 23.2 Å². The molecule has 0 aromatic heterocycles. The monoisotopic (exact) mass is 229 g/mol. The molecule has 16 heavy (non-hydrogen) atoms. The summed E-state index contributed by atoms with van der Waals surface area (Å²) in [5.41, 5.74) is 2.23. The minimum absolute atomic E-state index is 0.00129. The van der Waals surface area contributed by atoms with Gasteiger partial charge in [-0.1, -0.05) is 6.07 Å². The lowest BCUT2D eigenvalue weighted by Gasteiger charge is -2.07. The zero-order chi connectivity index (χ0) is 12.0. The van der Waals surface area contributed by atoms with Crippen LogP contribution in [-0.4, -0.2) is 26.1 Å². The number of hydrogen-bond acceptors (Lipinski definition) is 3. The van der Waals surface area contributed by atoms with Crippen molar-refractivity contribution in [3.05, 3.63) is 35.4 Å². The van der Waals surface area contributed by atoms with Crippen LogP contribution in [0.3, 0.4) is 0 Å². The van der Waals surface area contributed by atoms with Crippen LogP contribution < -0.4 is 11.3 Å². The zero-order valence-corrected chi connectivity index (χ0v) is 8.84. The predicted octanol–water partition coefficient (Wildman–Crippen LogP) is 0.821. The van der Waals surface area contributed by atoms with Crippen molar-refractivity contribution < 1.29 is 13.5 Å². The molecule has 0 unspecified atom stereocenters. The van der Waals surface area contributed by atoms with Crippen LogP contribution in [0.2, 0.25) is 0 Å². The second-order valence-electron chi connectivity index (χ2n) is 2.97. The van der Waals surface area contributed by atoms with E-state index < -0.39 is 11.6 Å². The van der Waals surface area contributed by atoms with Gasteiger partial charge in [0.2, 0.25) is 0 Å². The van der Waals surface area contributed by atoms with Crippen molar-refractivity contribution in [3.8, 4) is 0 Å². The molecule has 0 amide bonds. The van der Waals surface area contributed by atoms with Gasteiger partial charge in [-0.2, -0.15) is 0 Å². The number of rotatable bonds is 4. The highest BCUT2D eigenvalue weighted by Gasteiger charge is 2.11. The minimum Gasteiger partial charge on any atom is -0.383 e. The maximum atomic E-state index is 13.4. The van der Waals surface area contributed by atoms with Gasteiger partial charge in [0.15, 0.2) is 11.6 Å². The molecule has 88 valence electrons. The van der Waals surface area contributed by atoms with Gasteiger partial charge in [0.1, 0.15) is 5.84 Å². The van der Waals surface area contributed by atoms with E-state index in [4.69, 9.17) is 10.6 Å². The molecule has 1 rings (SSSR count). The average Bonchev–Trinajstić information content (AvgIpc) is 2.29. The number of nitrogens with one attached hydrogen (secondary N) is 1. The van der Waals surface area contributed by atoms with Crippen LogP contribution in [0.5, 0.6) is 0 Å². The molecule has 3 N–H and O–H groups in total. The van der Waals surface area contributed by atoms with Gasteiger partial charge >= 0.3 is 0 Å². The molecule has 0 bridgehead atoms. The fourth-order valence-electron chi connectivity index (χ4n) is 1.14. The molecule has 0 aliphatic heterocycles. The number of methoxy groups -OCH3 is 1. The molecule has 0 saturated heterocycles. The number of halogens is 2. The Morgan fingerprint density at radius 2 is 2.25 bits per heavy atom. The van der Waals surface area contributed by atoms with E-state index >= 15 is 0 Å². The molecular weight excluding hydrogens is 216 g/mol. The summed E-state index contributed by atoms with van der Waals surface area (Å²) in [5.74, 6) is 3.37. The second kappa shape index (κ2) is 6.14. The maximum Gasteiger partial charge on any atom is 0.169 e. The molecule has 0 aliphatic rings. The Bertz CT molecular complexity index is 382. The number of hydrazine groups is 1. The van der Waals surface area contributed by atoms with Crippen LogP contribution in [0, 0.1) is 11.6 Å². The predicted molar refractivity (Wildman–Crippen MR) is 57.0 cm³/mol. The van der Waals surface area contributed by atoms with Gasteiger partial charge in [0.25, 0.3) is 0 Å². The summed E-state index contributed by atoms with van der Waals surface area (Å²) in [7, 11) is 1.52. The standard InChI is InChI=1S/C10H13F2N3O/c1-16-6-5-14-10(15-13)7-3-2-4-8(11)9(7)12/h2-4H,5-6,13H2,1H3,(H,14,15). The smallest absolute Gasteiger partial charge is 0.169 e. The molecule has 0 spiro atoms. The number of aliphatic imine (C=N–C) groups is 1. The summed E-state index contributed by atoms with van der Waals surface area (Å²) in [5, 5.41) is 0.